The van der Waals surface area contributed by atoms with Crippen molar-refractivity contribution in [2.24, 2.45) is 5.73 Å². The van der Waals surface area contributed by atoms with Gasteiger partial charge in [-0.05, 0) is 31.0 Å². The maximum absolute atomic E-state index is 12.4. The van der Waals surface area contributed by atoms with Gasteiger partial charge in [-0.2, -0.15) is 10.1 Å². The van der Waals surface area contributed by atoms with Gasteiger partial charge in [-0.25, -0.2) is 4.68 Å². The van der Waals surface area contributed by atoms with Crippen molar-refractivity contribution < 1.29 is 4.52 Å². The quantitative estimate of drug-likeness (QED) is 0.673. The molecule has 27 heavy (non-hydrogen) atoms. The smallest absolute Gasteiger partial charge is 0.271 e. The predicted octanol–water partition coefficient (Wildman–Crippen LogP) is 1.73. The van der Waals surface area contributed by atoms with Crippen molar-refractivity contribution in [3.63, 3.8) is 0 Å². The Morgan fingerprint density at radius 2 is 2.04 bits per heavy atom. The van der Waals surface area contributed by atoms with Crippen molar-refractivity contribution in [3.8, 4) is 11.8 Å². The molecule has 8 heteroatoms. The third-order valence-corrected chi connectivity index (χ3v) is 4.21. The van der Waals surface area contributed by atoms with Crippen molar-refractivity contribution in [1.29, 1.82) is 0 Å². The van der Waals surface area contributed by atoms with Gasteiger partial charge < -0.3 is 10.3 Å². The van der Waals surface area contributed by atoms with Gasteiger partial charge in [0, 0.05) is 17.0 Å². The molecule has 0 spiro atoms. The summed E-state index contributed by atoms with van der Waals surface area (Å²) in [6.07, 6.45) is 2.93. The largest absolute Gasteiger partial charge is 0.337 e. The fourth-order valence-electron chi connectivity index (χ4n) is 2.46. The predicted molar refractivity (Wildman–Crippen MR) is 101 cm³/mol. The summed E-state index contributed by atoms with van der Waals surface area (Å²) >= 11 is 5.88. The van der Waals surface area contributed by atoms with Gasteiger partial charge >= 0.3 is 0 Å². The van der Waals surface area contributed by atoms with E-state index in [0.717, 1.165) is 12.0 Å². The first kappa shape index (κ1) is 18.8. The molecule has 0 saturated carbocycles. The lowest BCUT2D eigenvalue weighted by atomic mass is 10.1. The molecule has 0 unspecified atom stereocenters. The summed E-state index contributed by atoms with van der Waals surface area (Å²) in [7, 11) is 0. The van der Waals surface area contributed by atoms with E-state index in [9.17, 15) is 4.79 Å². The first-order valence-electron chi connectivity index (χ1n) is 8.38. The van der Waals surface area contributed by atoms with Gasteiger partial charge in [0.2, 0.25) is 5.89 Å². The van der Waals surface area contributed by atoms with Crippen LogP contribution >= 0.6 is 11.6 Å². The van der Waals surface area contributed by atoms with Crippen LogP contribution in [-0.2, 0) is 19.4 Å². The SMILES string of the molecule is Cc1c(C#CCN)cnn(Cc2nc(CCc3ccc(Cl)cc3)no2)c1=O. The first-order chi connectivity index (χ1) is 13.1. The third kappa shape index (κ3) is 4.82. The van der Waals surface area contributed by atoms with Crippen LogP contribution in [0.2, 0.25) is 5.02 Å². The molecule has 0 amide bonds. The second-order valence-electron chi connectivity index (χ2n) is 5.88. The molecule has 2 aromatic heterocycles. The van der Waals surface area contributed by atoms with Gasteiger partial charge in [-0.1, -0.05) is 40.7 Å². The summed E-state index contributed by atoms with van der Waals surface area (Å²) in [4.78, 5) is 16.7. The molecular formula is C19H18ClN5O2. The van der Waals surface area contributed by atoms with E-state index in [1.165, 1.54) is 10.9 Å². The van der Waals surface area contributed by atoms with Crippen LogP contribution < -0.4 is 11.3 Å². The summed E-state index contributed by atoms with van der Waals surface area (Å²) in [5.41, 5.74) is 7.31. The molecule has 0 aliphatic rings. The third-order valence-electron chi connectivity index (χ3n) is 3.96. The number of halogens is 1. The Kier molecular flexibility index (Phi) is 6.01. The molecule has 0 atom stereocenters. The van der Waals surface area contributed by atoms with Crippen LogP contribution in [0.25, 0.3) is 0 Å². The van der Waals surface area contributed by atoms with E-state index >= 15 is 0 Å². The summed E-state index contributed by atoms with van der Waals surface area (Å²) < 4.78 is 6.52. The Balaban J connectivity index is 1.68. The molecule has 2 heterocycles. The Morgan fingerprint density at radius 1 is 1.26 bits per heavy atom. The zero-order valence-corrected chi connectivity index (χ0v) is 15.5. The molecule has 0 aliphatic heterocycles. The van der Waals surface area contributed by atoms with Gasteiger partial charge in [-0.3, -0.25) is 4.79 Å². The molecule has 0 aliphatic carbocycles. The van der Waals surface area contributed by atoms with Crippen LogP contribution in [0.1, 0.15) is 28.4 Å². The van der Waals surface area contributed by atoms with Crippen molar-refractivity contribution in [2.75, 3.05) is 6.54 Å². The van der Waals surface area contributed by atoms with E-state index in [-0.39, 0.29) is 18.6 Å². The second-order valence-corrected chi connectivity index (χ2v) is 6.32. The number of aromatic nitrogens is 4. The number of benzene rings is 1. The van der Waals surface area contributed by atoms with E-state index in [1.807, 2.05) is 24.3 Å². The standard InChI is InChI=1S/C19H18ClN5O2/c1-13-15(3-2-10-21)11-22-25(19(13)26)12-18-23-17(24-27-18)9-6-14-4-7-16(20)8-5-14/h4-5,7-8,11H,6,9-10,12,21H2,1H3. The first-order valence-corrected chi connectivity index (χ1v) is 8.76. The number of hydrogen-bond acceptors (Lipinski definition) is 6. The molecule has 3 aromatic rings. The lowest BCUT2D eigenvalue weighted by Crippen LogP contribution is -2.26. The van der Waals surface area contributed by atoms with Crippen LogP contribution in [-0.4, -0.2) is 26.5 Å². The van der Waals surface area contributed by atoms with Crippen molar-refractivity contribution >= 4 is 11.6 Å². The number of hydrogen-bond donors (Lipinski definition) is 1. The van der Waals surface area contributed by atoms with Gasteiger partial charge in [0.15, 0.2) is 5.82 Å². The number of rotatable bonds is 5. The maximum Gasteiger partial charge on any atom is 0.271 e. The fraction of sp³-hybridized carbons (Fsp3) is 0.263. The van der Waals surface area contributed by atoms with E-state index in [4.69, 9.17) is 21.9 Å². The van der Waals surface area contributed by atoms with Crippen LogP contribution in [0.3, 0.4) is 0 Å². The van der Waals surface area contributed by atoms with E-state index in [0.29, 0.717) is 34.3 Å². The van der Waals surface area contributed by atoms with Gasteiger partial charge in [0.25, 0.3) is 5.56 Å². The van der Waals surface area contributed by atoms with Gasteiger partial charge in [0.1, 0.15) is 6.54 Å². The molecule has 138 valence electrons. The van der Waals surface area contributed by atoms with Crippen molar-refractivity contribution in [2.45, 2.75) is 26.3 Å². The Morgan fingerprint density at radius 3 is 2.78 bits per heavy atom. The Labute approximate surface area is 161 Å². The monoisotopic (exact) mass is 383 g/mol. The number of nitrogens with zero attached hydrogens (tertiary/aromatic N) is 4. The topological polar surface area (TPSA) is 99.8 Å². The molecule has 0 saturated heterocycles. The van der Waals surface area contributed by atoms with Gasteiger partial charge in [0.05, 0.1) is 18.3 Å². The van der Waals surface area contributed by atoms with E-state index in [1.54, 1.807) is 6.92 Å². The molecule has 0 radical (unpaired) electrons. The minimum absolute atomic E-state index is 0.109. The van der Waals surface area contributed by atoms with Crippen LogP contribution in [0.15, 0.2) is 39.8 Å². The average Bonchev–Trinajstić information content (AvgIpc) is 3.12. The summed E-state index contributed by atoms with van der Waals surface area (Å²) in [6, 6.07) is 7.62. The van der Waals surface area contributed by atoms with Gasteiger partial charge in [-0.15, -0.1) is 0 Å². The highest BCUT2D eigenvalue weighted by Gasteiger charge is 2.11. The number of aryl methyl sites for hydroxylation is 2. The Hall–Kier alpha value is -2.95. The van der Waals surface area contributed by atoms with E-state index in [2.05, 4.69) is 27.1 Å². The van der Waals surface area contributed by atoms with Crippen molar-refractivity contribution in [1.82, 2.24) is 19.9 Å². The summed E-state index contributed by atoms with van der Waals surface area (Å²) in [5, 5.41) is 8.79. The minimum atomic E-state index is -0.250. The van der Waals surface area contributed by atoms with Crippen LogP contribution in [0.4, 0.5) is 0 Å². The van der Waals surface area contributed by atoms with Crippen LogP contribution in [0.5, 0.6) is 0 Å². The zero-order chi connectivity index (χ0) is 19.2. The highest BCUT2D eigenvalue weighted by Crippen LogP contribution is 2.11. The van der Waals surface area contributed by atoms with Crippen molar-refractivity contribution in [3.05, 3.63) is 74.2 Å². The molecule has 3 rings (SSSR count). The molecule has 0 bridgehead atoms. The molecule has 2 N–H and O–H groups in total. The number of nitrogens with two attached hydrogens (primary N) is 1. The molecule has 1 aromatic carbocycles. The molecular weight excluding hydrogens is 366 g/mol. The minimum Gasteiger partial charge on any atom is -0.337 e. The maximum atomic E-state index is 12.4. The lowest BCUT2D eigenvalue weighted by molar-refractivity contribution is 0.358. The normalized spacial score (nSPS) is 10.5. The van der Waals surface area contributed by atoms with E-state index < -0.39 is 0 Å². The highest BCUT2D eigenvalue weighted by atomic mass is 35.5. The van der Waals surface area contributed by atoms with Crippen LogP contribution in [0, 0.1) is 18.8 Å². The highest BCUT2D eigenvalue weighted by molar-refractivity contribution is 6.30. The lowest BCUT2D eigenvalue weighted by Gasteiger charge is -2.03. The summed E-state index contributed by atoms with van der Waals surface area (Å²) in [5.74, 6) is 6.46. The summed E-state index contributed by atoms with van der Waals surface area (Å²) in [6.45, 7) is 2.04. The molecule has 0 fully saturated rings. The average molecular weight is 384 g/mol. The molecule has 7 nitrogen and oxygen atoms in total. The second kappa shape index (κ2) is 8.62. The Bertz CT molecular complexity index is 1040. The fourth-order valence-corrected chi connectivity index (χ4v) is 2.59. The zero-order valence-electron chi connectivity index (χ0n) is 14.8.